The maximum Gasteiger partial charge on any atom is 0.256 e. The highest BCUT2D eigenvalue weighted by atomic mass is 35.5. The highest BCUT2D eigenvalue weighted by molar-refractivity contribution is 6.30. The van der Waals surface area contributed by atoms with E-state index in [9.17, 15) is 14.0 Å². The lowest BCUT2D eigenvalue weighted by Gasteiger charge is -2.35. The van der Waals surface area contributed by atoms with Crippen molar-refractivity contribution in [3.05, 3.63) is 34.6 Å². The maximum atomic E-state index is 13.8. The van der Waals surface area contributed by atoms with E-state index in [1.807, 2.05) is 6.92 Å². The van der Waals surface area contributed by atoms with Crippen molar-refractivity contribution in [2.75, 3.05) is 26.2 Å². The number of halogens is 2. The van der Waals surface area contributed by atoms with Crippen LogP contribution in [0.25, 0.3) is 0 Å². The van der Waals surface area contributed by atoms with E-state index in [4.69, 9.17) is 17.3 Å². The van der Waals surface area contributed by atoms with E-state index in [-0.39, 0.29) is 28.4 Å². The van der Waals surface area contributed by atoms with Crippen LogP contribution in [0.15, 0.2) is 18.2 Å². The van der Waals surface area contributed by atoms with Crippen LogP contribution in [0.4, 0.5) is 4.39 Å². The molecule has 23 heavy (non-hydrogen) atoms. The van der Waals surface area contributed by atoms with Gasteiger partial charge in [0.15, 0.2) is 0 Å². The second kappa shape index (κ2) is 7.75. The second-order valence-corrected chi connectivity index (χ2v) is 6.25. The van der Waals surface area contributed by atoms with Gasteiger partial charge in [-0.1, -0.05) is 11.6 Å². The quantitative estimate of drug-likeness (QED) is 0.909. The average Bonchev–Trinajstić information content (AvgIpc) is 2.52. The average molecular weight is 342 g/mol. The summed E-state index contributed by atoms with van der Waals surface area (Å²) in [5.41, 5.74) is 5.66. The molecule has 7 heteroatoms. The van der Waals surface area contributed by atoms with Crippen LogP contribution in [0.5, 0.6) is 0 Å². The fourth-order valence-electron chi connectivity index (χ4n) is 2.50. The van der Waals surface area contributed by atoms with Gasteiger partial charge >= 0.3 is 0 Å². The van der Waals surface area contributed by atoms with Crippen molar-refractivity contribution in [2.24, 2.45) is 5.73 Å². The van der Waals surface area contributed by atoms with Crippen LogP contribution in [-0.4, -0.2) is 53.8 Å². The zero-order valence-electron chi connectivity index (χ0n) is 13.1. The lowest BCUT2D eigenvalue weighted by Crippen LogP contribution is -2.50. The molecule has 126 valence electrons. The molecule has 1 unspecified atom stereocenters. The number of piperazine rings is 1. The summed E-state index contributed by atoms with van der Waals surface area (Å²) in [5.74, 6) is -0.952. The van der Waals surface area contributed by atoms with Crippen LogP contribution in [-0.2, 0) is 4.79 Å². The molecule has 2 amide bonds. The van der Waals surface area contributed by atoms with Crippen molar-refractivity contribution < 1.29 is 14.0 Å². The predicted molar refractivity (Wildman–Crippen MR) is 86.8 cm³/mol. The summed E-state index contributed by atoms with van der Waals surface area (Å²) in [6.45, 7) is 3.57. The minimum Gasteiger partial charge on any atom is -0.339 e. The third-order valence-corrected chi connectivity index (χ3v) is 4.13. The Bertz CT molecular complexity index is 587. The molecule has 0 spiro atoms. The molecule has 0 bridgehead atoms. The Morgan fingerprint density at radius 3 is 2.43 bits per heavy atom. The van der Waals surface area contributed by atoms with E-state index in [2.05, 4.69) is 0 Å². The minimum atomic E-state index is -0.627. The van der Waals surface area contributed by atoms with Gasteiger partial charge in [-0.25, -0.2) is 4.39 Å². The van der Waals surface area contributed by atoms with Crippen LogP contribution < -0.4 is 5.73 Å². The molecule has 1 aromatic rings. The lowest BCUT2D eigenvalue weighted by molar-refractivity contribution is -0.132. The van der Waals surface area contributed by atoms with Gasteiger partial charge in [-0.05, 0) is 31.5 Å². The predicted octanol–water partition coefficient (Wildman–Crippen LogP) is 1.89. The summed E-state index contributed by atoms with van der Waals surface area (Å²) >= 11 is 5.70. The van der Waals surface area contributed by atoms with Crippen LogP contribution in [0, 0.1) is 5.82 Å². The molecule has 1 atom stereocenters. The van der Waals surface area contributed by atoms with Gasteiger partial charge in [0.25, 0.3) is 5.91 Å². The van der Waals surface area contributed by atoms with Crippen LogP contribution in [0.3, 0.4) is 0 Å². The number of nitrogens with two attached hydrogens (primary N) is 1. The van der Waals surface area contributed by atoms with Crippen molar-refractivity contribution in [1.82, 2.24) is 9.80 Å². The van der Waals surface area contributed by atoms with Gasteiger partial charge < -0.3 is 15.5 Å². The van der Waals surface area contributed by atoms with Gasteiger partial charge in [-0.3, -0.25) is 9.59 Å². The monoisotopic (exact) mass is 341 g/mol. The van der Waals surface area contributed by atoms with Crippen LogP contribution in [0.1, 0.15) is 30.1 Å². The van der Waals surface area contributed by atoms with Crippen molar-refractivity contribution in [1.29, 1.82) is 0 Å². The van der Waals surface area contributed by atoms with Gasteiger partial charge in [0.05, 0.1) is 5.56 Å². The van der Waals surface area contributed by atoms with Crippen LogP contribution >= 0.6 is 11.6 Å². The first-order chi connectivity index (χ1) is 10.9. The van der Waals surface area contributed by atoms with Gasteiger partial charge in [0.2, 0.25) is 5.91 Å². The molecule has 0 aliphatic carbocycles. The van der Waals surface area contributed by atoms with Crippen molar-refractivity contribution in [2.45, 2.75) is 25.8 Å². The van der Waals surface area contributed by atoms with Gasteiger partial charge in [-0.15, -0.1) is 0 Å². The number of hydrogen-bond acceptors (Lipinski definition) is 3. The molecule has 0 aromatic heterocycles. The number of amides is 2. The molecule has 0 radical (unpaired) electrons. The summed E-state index contributed by atoms with van der Waals surface area (Å²) in [6, 6.07) is 4.00. The van der Waals surface area contributed by atoms with Crippen molar-refractivity contribution in [3.8, 4) is 0 Å². The lowest BCUT2D eigenvalue weighted by atomic mass is 10.1. The number of nitrogens with zero attached hydrogens (tertiary/aromatic N) is 2. The highest BCUT2D eigenvalue weighted by Crippen LogP contribution is 2.17. The first kappa shape index (κ1) is 17.7. The number of hydrogen-bond donors (Lipinski definition) is 1. The molecule has 2 rings (SSSR count). The number of carbonyl (C=O) groups is 2. The fourth-order valence-corrected chi connectivity index (χ4v) is 2.66. The van der Waals surface area contributed by atoms with E-state index in [1.165, 1.54) is 12.1 Å². The summed E-state index contributed by atoms with van der Waals surface area (Å²) in [4.78, 5) is 27.7. The molecular weight excluding hydrogens is 321 g/mol. The maximum absolute atomic E-state index is 13.8. The van der Waals surface area contributed by atoms with E-state index in [0.717, 1.165) is 6.07 Å². The largest absolute Gasteiger partial charge is 0.339 e. The molecule has 0 saturated carbocycles. The molecule has 1 saturated heterocycles. The molecule has 1 aromatic carbocycles. The Morgan fingerprint density at radius 1 is 1.26 bits per heavy atom. The normalized spacial score (nSPS) is 16.3. The second-order valence-electron chi connectivity index (χ2n) is 5.81. The topological polar surface area (TPSA) is 66.6 Å². The minimum absolute atomic E-state index is 0.00491. The summed E-state index contributed by atoms with van der Waals surface area (Å²) in [5, 5.41) is 0.253. The first-order valence-corrected chi connectivity index (χ1v) is 8.04. The molecule has 1 fully saturated rings. The Balaban J connectivity index is 1.91. The Kier molecular flexibility index (Phi) is 5.96. The Hall–Kier alpha value is -1.66. The molecule has 1 aliphatic heterocycles. The number of benzene rings is 1. The van der Waals surface area contributed by atoms with Crippen LogP contribution in [0.2, 0.25) is 5.02 Å². The smallest absolute Gasteiger partial charge is 0.256 e. The Labute approximate surface area is 140 Å². The number of rotatable bonds is 4. The molecule has 1 heterocycles. The molecule has 5 nitrogen and oxygen atoms in total. The first-order valence-electron chi connectivity index (χ1n) is 7.66. The van der Waals surface area contributed by atoms with Crippen molar-refractivity contribution >= 4 is 23.4 Å². The van der Waals surface area contributed by atoms with Gasteiger partial charge in [-0.2, -0.15) is 0 Å². The molecular formula is C16H21ClFN3O2. The standard InChI is InChI=1S/C16H21ClFN3O2/c1-11(19)2-5-15(22)20-6-8-21(9-7-20)16(23)13-4-3-12(17)10-14(13)18/h3-4,10-11H,2,5-9,19H2,1H3. The van der Waals surface area contributed by atoms with E-state index < -0.39 is 5.82 Å². The third kappa shape index (κ3) is 4.65. The SMILES string of the molecule is CC(N)CCC(=O)N1CCN(C(=O)c2ccc(Cl)cc2F)CC1. The van der Waals surface area contributed by atoms with Crippen molar-refractivity contribution in [3.63, 3.8) is 0 Å². The van der Waals surface area contributed by atoms with E-state index in [1.54, 1.807) is 9.80 Å². The highest BCUT2D eigenvalue weighted by Gasteiger charge is 2.26. The zero-order chi connectivity index (χ0) is 17.0. The van der Waals surface area contributed by atoms with E-state index >= 15 is 0 Å². The van der Waals surface area contributed by atoms with Gasteiger partial charge in [0, 0.05) is 43.7 Å². The Morgan fingerprint density at radius 2 is 1.87 bits per heavy atom. The summed E-state index contributed by atoms with van der Waals surface area (Å²) < 4.78 is 13.8. The van der Waals surface area contributed by atoms with E-state index in [0.29, 0.717) is 39.0 Å². The fraction of sp³-hybridized carbons (Fsp3) is 0.500. The summed E-state index contributed by atoms with van der Waals surface area (Å²) in [7, 11) is 0. The van der Waals surface area contributed by atoms with Gasteiger partial charge in [0.1, 0.15) is 5.82 Å². The summed E-state index contributed by atoms with van der Waals surface area (Å²) in [6.07, 6.45) is 1.06. The zero-order valence-corrected chi connectivity index (χ0v) is 13.9. The molecule has 2 N–H and O–H groups in total. The number of carbonyl (C=O) groups excluding carboxylic acids is 2. The third-order valence-electron chi connectivity index (χ3n) is 3.89. The molecule has 1 aliphatic rings.